The SMILES string of the molecule is Clc1ccc(CN2CCO[C@@H](CCc3ccccc3)C2)cc1. The van der Waals surface area contributed by atoms with E-state index in [2.05, 4.69) is 47.4 Å². The maximum absolute atomic E-state index is 5.94. The number of halogens is 1. The van der Waals surface area contributed by atoms with Crippen molar-refractivity contribution in [1.82, 2.24) is 4.90 Å². The van der Waals surface area contributed by atoms with Crippen LogP contribution in [-0.4, -0.2) is 30.7 Å². The van der Waals surface area contributed by atoms with Gasteiger partial charge in [0.1, 0.15) is 0 Å². The first kappa shape index (κ1) is 15.5. The molecule has 116 valence electrons. The molecule has 2 aromatic rings. The van der Waals surface area contributed by atoms with Crippen LogP contribution in [0.15, 0.2) is 54.6 Å². The second-order valence-corrected chi connectivity index (χ2v) is 6.32. The molecule has 3 rings (SSSR count). The summed E-state index contributed by atoms with van der Waals surface area (Å²) in [7, 11) is 0. The molecule has 0 amide bonds. The molecule has 0 bridgehead atoms. The van der Waals surface area contributed by atoms with Crippen LogP contribution in [0, 0.1) is 0 Å². The molecule has 1 heterocycles. The van der Waals surface area contributed by atoms with Crippen molar-refractivity contribution in [3.63, 3.8) is 0 Å². The quantitative estimate of drug-likeness (QED) is 0.821. The van der Waals surface area contributed by atoms with E-state index in [1.54, 1.807) is 0 Å². The minimum atomic E-state index is 0.334. The molecule has 0 aromatic heterocycles. The van der Waals surface area contributed by atoms with Gasteiger partial charge in [0.25, 0.3) is 0 Å². The van der Waals surface area contributed by atoms with Crippen molar-refractivity contribution in [1.29, 1.82) is 0 Å². The molecule has 1 saturated heterocycles. The molecule has 3 heteroatoms. The van der Waals surface area contributed by atoms with E-state index < -0.39 is 0 Å². The summed E-state index contributed by atoms with van der Waals surface area (Å²) in [6, 6.07) is 18.8. The summed E-state index contributed by atoms with van der Waals surface area (Å²) < 4.78 is 5.92. The van der Waals surface area contributed by atoms with Gasteiger partial charge in [-0.1, -0.05) is 54.1 Å². The van der Waals surface area contributed by atoms with Gasteiger partial charge in [-0.05, 0) is 36.1 Å². The summed E-state index contributed by atoms with van der Waals surface area (Å²) in [5.41, 5.74) is 2.70. The average molecular weight is 316 g/mol. The predicted octanol–water partition coefficient (Wildman–Crippen LogP) is 4.17. The summed E-state index contributed by atoms with van der Waals surface area (Å²) in [6.45, 7) is 3.81. The molecule has 0 spiro atoms. The van der Waals surface area contributed by atoms with Gasteiger partial charge in [-0.25, -0.2) is 0 Å². The Morgan fingerprint density at radius 2 is 1.77 bits per heavy atom. The molecule has 1 aliphatic heterocycles. The molecule has 2 nitrogen and oxygen atoms in total. The molecule has 1 atom stereocenters. The lowest BCUT2D eigenvalue weighted by molar-refractivity contribution is -0.0345. The lowest BCUT2D eigenvalue weighted by Gasteiger charge is -2.33. The zero-order chi connectivity index (χ0) is 15.2. The monoisotopic (exact) mass is 315 g/mol. The van der Waals surface area contributed by atoms with Gasteiger partial charge in [-0.3, -0.25) is 4.90 Å². The molecule has 0 aliphatic carbocycles. The van der Waals surface area contributed by atoms with Crippen LogP contribution < -0.4 is 0 Å². The van der Waals surface area contributed by atoms with Crippen molar-refractivity contribution in [3.8, 4) is 0 Å². The lowest BCUT2D eigenvalue weighted by atomic mass is 10.1. The second-order valence-electron chi connectivity index (χ2n) is 5.88. The summed E-state index contributed by atoms with van der Waals surface area (Å²) in [6.07, 6.45) is 2.50. The van der Waals surface area contributed by atoms with E-state index in [0.717, 1.165) is 44.1 Å². The summed E-state index contributed by atoms with van der Waals surface area (Å²) in [5, 5.41) is 0.798. The maximum Gasteiger partial charge on any atom is 0.0705 e. The summed E-state index contributed by atoms with van der Waals surface area (Å²) in [4.78, 5) is 2.47. The van der Waals surface area contributed by atoms with E-state index in [0.29, 0.717) is 6.10 Å². The molecular formula is C19H22ClNO. The number of hydrogen-bond donors (Lipinski definition) is 0. The Morgan fingerprint density at radius 1 is 1.00 bits per heavy atom. The third-order valence-corrected chi connectivity index (χ3v) is 4.39. The average Bonchev–Trinajstić information content (AvgIpc) is 2.57. The number of benzene rings is 2. The van der Waals surface area contributed by atoms with E-state index in [-0.39, 0.29) is 0 Å². The number of nitrogens with zero attached hydrogens (tertiary/aromatic N) is 1. The van der Waals surface area contributed by atoms with Gasteiger partial charge in [-0.2, -0.15) is 0 Å². The molecule has 0 saturated carbocycles. The summed E-state index contributed by atoms with van der Waals surface area (Å²) >= 11 is 5.94. The van der Waals surface area contributed by atoms with Crippen LogP contribution in [0.4, 0.5) is 0 Å². The molecule has 22 heavy (non-hydrogen) atoms. The Balaban J connectivity index is 1.49. The van der Waals surface area contributed by atoms with Crippen LogP contribution >= 0.6 is 11.6 Å². The number of morpholine rings is 1. The minimum absolute atomic E-state index is 0.334. The Morgan fingerprint density at radius 3 is 2.55 bits per heavy atom. The zero-order valence-electron chi connectivity index (χ0n) is 12.7. The van der Waals surface area contributed by atoms with E-state index in [1.165, 1.54) is 11.1 Å². The van der Waals surface area contributed by atoms with Crippen molar-refractivity contribution < 1.29 is 4.74 Å². The fourth-order valence-corrected chi connectivity index (χ4v) is 3.05. The highest BCUT2D eigenvalue weighted by Crippen LogP contribution is 2.16. The molecule has 2 aromatic carbocycles. The third-order valence-electron chi connectivity index (χ3n) is 4.14. The van der Waals surface area contributed by atoms with Crippen molar-refractivity contribution in [2.45, 2.75) is 25.5 Å². The van der Waals surface area contributed by atoms with Crippen LogP contribution in [0.3, 0.4) is 0 Å². The molecular weight excluding hydrogens is 294 g/mol. The number of aryl methyl sites for hydroxylation is 1. The van der Waals surface area contributed by atoms with Gasteiger partial charge >= 0.3 is 0 Å². The molecule has 1 aliphatic rings. The van der Waals surface area contributed by atoms with Crippen LogP contribution in [0.1, 0.15) is 17.5 Å². The Hall–Kier alpha value is -1.35. The molecule has 1 fully saturated rings. The Bertz CT molecular complexity index is 570. The summed E-state index contributed by atoms with van der Waals surface area (Å²) in [5.74, 6) is 0. The highest BCUT2D eigenvalue weighted by molar-refractivity contribution is 6.30. The fraction of sp³-hybridized carbons (Fsp3) is 0.368. The van der Waals surface area contributed by atoms with Crippen LogP contribution in [0.2, 0.25) is 5.02 Å². The number of hydrogen-bond acceptors (Lipinski definition) is 2. The topological polar surface area (TPSA) is 12.5 Å². The van der Waals surface area contributed by atoms with Crippen molar-refractivity contribution in [2.24, 2.45) is 0 Å². The van der Waals surface area contributed by atoms with Crippen molar-refractivity contribution in [2.75, 3.05) is 19.7 Å². The lowest BCUT2D eigenvalue weighted by Crippen LogP contribution is -2.42. The van der Waals surface area contributed by atoms with E-state index in [1.807, 2.05) is 12.1 Å². The van der Waals surface area contributed by atoms with Gasteiger partial charge in [0.05, 0.1) is 12.7 Å². The fourth-order valence-electron chi connectivity index (χ4n) is 2.92. The first-order chi connectivity index (χ1) is 10.8. The van der Waals surface area contributed by atoms with E-state index in [9.17, 15) is 0 Å². The van der Waals surface area contributed by atoms with Gasteiger partial charge in [0, 0.05) is 24.7 Å². The Labute approximate surface area is 137 Å². The first-order valence-electron chi connectivity index (χ1n) is 7.92. The van der Waals surface area contributed by atoms with Gasteiger partial charge < -0.3 is 4.74 Å². The zero-order valence-corrected chi connectivity index (χ0v) is 13.5. The van der Waals surface area contributed by atoms with Gasteiger partial charge in [-0.15, -0.1) is 0 Å². The van der Waals surface area contributed by atoms with Gasteiger partial charge in [0.2, 0.25) is 0 Å². The normalized spacial score (nSPS) is 19.2. The smallest absolute Gasteiger partial charge is 0.0705 e. The van der Waals surface area contributed by atoms with E-state index in [4.69, 9.17) is 16.3 Å². The van der Waals surface area contributed by atoms with Crippen LogP contribution in [0.25, 0.3) is 0 Å². The highest BCUT2D eigenvalue weighted by Gasteiger charge is 2.20. The predicted molar refractivity (Wildman–Crippen MR) is 91.2 cm³/mol. The number of rotatable bonds is 5. The van der Waals surface area contributed by atoms with Crippen LogP contribution in [-0.2, 0) is 17.7 Å². The van der Waals surface area contributed by atoms with Crippen molar-refractivity contribution >= 4 is 11.6 Å². The van der Waals surface area contributed by atoms with Gasteiger partial charge in [0.15, 0.2) is 0 Å². The molecule has 0 unspecified atom stereocenters. The largest absolute Gasteiger partial charge is 0.376 e. The number of ether oxygens (including phenoxy) is 1. The van der Waals surface area contributed by atoms with Crippen LogP contribution in [0.5, 0.6) is 0 Å². The molecule has 0 N–H and O–H groups in total. The van der Waals surface area contributed by atoms with Crippen molar-refractivity contribution in [3.05, 3.63) is 70.7 Å². The Kier molecular flexibility index (Phi) is 5.49. The second kappa shape index (κ2) is 7.77. The maximum atomic E-state index is 5.94. The third kappa shape index (κ3) is 4.57. The standard InChI is InChI=1S/C19H22ClNO/c20-18-9-6-17(7-10-18)14-21-12-13-22-19(15-21)11-8-16-4-2-1-3-5-16/h1-7,9-10,19H,8,11-15H2/t19-/m0/s1. The van der Waals surface area contributed by atoms with E-state index >= 15 is 0 Å². The molecule has 0 radical (unpaired) electrons. The minimum Gasteiger partial charge on any atom is -0.376 e. The highest BCUT2D eigenvalue weighted by atomic mass is 35.5. The first-order valence-corrected chi connectivity index (χ1v) is 8.30.